The van der Waals surface area contributed by atoms with Crippen LogP contribution in [0.5, 0.6) is 5.75 Å². The highest BCUT2D eigenvalue weighted by atomic mass is 16.5. The quantitative estimate of drug-likeness (QED) is 0.849. The molecule has 0 aliphatic rings. The van der Waals surface area contributed by atoms with Crippen LogP contribution in [0, 0.1) is 0 Å². The summed E-state index contributed by atoms with van der Waals surface area (Å²) in [6.45, 7) is 0.584. The van der Waals surface area contributed by atoms with E-state index in [9.17, 15) is 0 Å². The Hall–Kier alpha value is -1.74. The van der Waals surface area contributed by atoms with Crippen molar-refractivity contribution in [2.75, 3.05) is 13.7 Å². The van der Waals surface area contributed by atoms with Crippen LogP contribution in [0.4, 0.5) is 0 Å². The number of benzene rings is 1. The van der Waals surface area contributed by atoms with Gasteiger partial charge in [-0.2, -0.15) is 0 Å². The van der Waals surface area contributed by atoms with Crippen LogP contribution in [-0.4, -0.2) is 18.2 Å². The van der Waals surface area contributed by atoms with Gasteiger partial charge >= 0.3 is 0 Å². The van der Waals surface area contributed by atoms with Crippen molar-refractivity contribution in [2.24, 2.45) is 5.73 Å². The van der Waals surface area contributed by atoms with Crippen LogP contribution in [-0.2, 0) is 0 Å². The molecule has 16 heavy (non-hydrogen) atoms. The van der Waals surface area contributed by atoms with E-state index in [1.807, 2.05) is 36.7 Å². The predicted molar refractivity (Wildman–Crippen MR) is 64.6 cm³/mol. The fraction of sp³-hybridized carbons (Fsp3) is 0.231. The van der Waals surface area contributed by atoms with E-state index >= 15 is 0 Å². The van der Waals surface area contributed by atoms with Crippen molar-refractivity contribution in [3.8, 4) is 5.75 Å². The van der Waals surface area contributed by atoms with E-state index in [0.29, 0.717) is 6.54 Å². The Bertz CT molecular complexity index is 420. The van der Waals surface area contributed by atoms with Gasteiger partial charge < -0.3 is 15.0 Å². The largest absolute Gasteiger partial charge is 0.497 e. The molecule has 1 aromatic carbocycles. The molecule has 1 atom stereocenters. The maximum absolute atomic E-state index is 5.81. The average molecular weight is 216 g/mol. The normalized spacial score (nSPS) is 12.4. The number of rotatable bonds is 4. The lowest BCUT2D eigenvalue weighted by Gasteiger charge is -2.17. The highest BCUT2D eigenvalue weighted by Gasteiger charge is 2.10. The average Bonchev–Trinajstić information content (AvgIpc) is 2.85. The summed E-state index contributed by atoms with van der Waals surface area (Å²) in [6, 6.07) is 12.2. The molecule has 0 bridgehead atoms. The molecule has 84 valence electrons. The number of hydrogen-bond donors (Lipinski definition) is 1. The second-order valence-corrected chi connectivity index (χ2v) is 3.65. The second-order valence-electron chi connectivity index (χ2n) is 3.65. The maximum atomic E-state index is 5.81. The summed E-state index contributed by atoms with van der Waals surface area (Å²) in [5, 5.41) is 0. The SMILES string of the molecule is COc1ccc(C(CN)n2cccc2)cc1. The van der Waals surface area contributed by atoms with Crippen LogP contribution < -0.4 is 10.5 Å². The Morgan fingerprint density at radius 1 is 1.19 bits per heavy atom. The van der Waals surface area contributed by atoms with Crippen molar-refractivity contribution in [1.82, 2.24) is 4.57 Å². The van der Waals surface area contributed by atoms with Crippen LogP contribution in [0.2, 0.25) is 0 Å². The summed E-state index contributed by atoms with van der Waals surface area (Å²) < 4.78 is 7.25. The summed E-state index contributed by atoms with van der Waals surface area (Å²) in [4.78, 5) is 0. The van der Waals surface area contributed by atoms with Gasteiger partial charge in [0.2, 0.25) is 0 Å². The van der Waals surface area contributed by atoms with E-state index in [4.69, 9.17) is 10.5 Å². The molecule has 0 spiro atoms. The van der Waals surface area contributed by atoms with Crippen molar-refractivity contribution >= 4 is 0 Å². The zero-order valence-electron chi connectivity index (χ0n) is 9.34. The van der Waals surface area contributed by atoms with Crippen molar-refractivity contribution in [1.29, 1.82) is 0 Å². The lowest BCUT2D eigenvalue weighted by molar-refractivity contribution is 0.414. The number of aromatic nitrogens is 1. The molecule has 1 heterocycles. The van der Waals surface area contributed by atoms with Gasteiger partial charge in [-0.05, 0) is 29.8 Å². The molecular formula is C13H16N2O. The van der Waals surface area contributed by atoms with Crippen molar-refractivity contribution in [3.63, 3.8) is 0 Å². The number of ether oxygens (including phenoxy) is 1. The standard InChI is InChI=1S/C13H16N2O/c1-16-12-6-4-11(5-7-12)13(10-14)15-8-2-3-9-15/h2-9,13H,10,14H2,1H3. The molecular weight excluding hydrogens is 200 g/mol. The van der Waals surface area contributed by atoms with Gasteiger partial charge in [0.1, 0.15) is 5.75 Å². The predicted octanol–water partition coefficient (Wildman–Crippen LogP) is 2.04. The van der Waals surface area contributed by atoms with E-state index in [1.54, 1.807) is 7.11 Å². The van der Waals surface area contributed by atoms with Gasteiger partial charge in [-0.1, -0.05) is 12.1 Å². The third kappa shape index (κ3) is 2.09. The molecule has 1 aromatic heterocycles. The van der Waals surface area contributed by atoms with E-state index < -0.39 is 0 Å². The van der Waals surface area contributed by atoms with E-state index in [0.717, 1.165) is 5.75 Å². The van der Waals surface area contributed by atoms with Gasteiger partial charge in [0.15, 0.2) is 0 Å². The zero-order chi connectivity index (χ0) is 11.4. The number of methoxy groups -OCH3 is 1. The molecule has 3 nitrogen and oxygen atoms in total. The Morgan fingerprint density at radius 3 is 2.31 bits per heavy atom. The highest BCUT2D eigenvalue weighted by molar-refractivity contribution is 5.29. The number of nitrogens with two attached hydrogens (primary N) is 1. The highest BCUT2D eigenvalue weighted by Crippen LogP contribution is 2.20. The van der Waals surface area contributed by atoms with E-state index in [2.05, 4.69) is 16.7 Å². The molecule has 0 saturated heterocycles. The molecule has 0 fully saturated rings. The minimum Gasteiger partial charge on any atom is -0.497 e. The molecule has 0 amide bonds. The van der Waals surface area contributed by atoms with Crippen molar-refractivity contribution in [3.05, 3.63) is 54.4 Å². The molecule has 0 aliphatic heterocycles. The second kappa shape index (κ2) is 4.86. The molecule has 2 rings (SSSR count). The summed E-state index contributed by atoms with van der Waals surface area (Å²) in [5.74, 6) is 0.868. The summed E-state index contributed by atoms with van der Waals surface area (Å²) in [5.41, 5.74) is 7.01. The van der Waals surface area contributed by atoms with Gasteiger partial charge in [-0.25, -0.2) is 0 Å². The molecule has 0 saturated carbocycles. The van der Waals surface area contributed by atoms with Gasteiger partial charge in [0, 0.05) is 18.9 Å². The van der Waals surface area contributed by atoms with Gasteiger partial charge in [-0.3, -0.25) is 0 Å². The smallest absolute Gasteiger partial charge is 0.118 e. The number of nitrogens with zero attached hydrogens (tertiary/aromatic N) is 1. The first-order valence-corrected chi connectivity index (χ1v) is 5.31. The fourth-order valence-electron chi connectivity index (χ4n) is 1.81. The van der Waals surface area contributed by atoms with Crippen LogP contribution in [0.3, 0.4) is 0 Å². The Labute approximate surface area is 95.5 Å². The molecule has 2 N–H and O–H groups in total. The van der Waals surface area contributed by atoms with E-state index in [1.165, 1.54) is 5.56 Å². The summed E-state index contributed by atoms with van der Waals surface area (Å²) >= 11 is 0. The molecule has 3 heteroatoms. The minimum atomic E-state index is 0.195. The van der Waals surface area contributed by atoms with Gasteiger partial charge in [0.25, 0.3) is 0 Å². The molecule has 1 unspecified atom stereocenters. The van der Waals surface area contributed by atoms with Crippen LogP contribution in [0.25, 0.3) is 0 Å². The van der Waals surface area contributed by atoms with Crippen LogP contribution in [0.1, 0.15) is 11.6 Å². The van der Waals surface area contributed by atoms with Crippen molar-refractivity contribution < 1.29 is 4.74 Å². The van der Waals surface area contributed by atoms with Crippen LogP contribution in [0.15, 0.2) is 48.8 Å². The monoisotopic (exact) mass is 216 g/mol. The van der Waals surface area contributed by atoms with Gasteiger partial charge in [-0.15, -0.1) is 0 Å². The lowest BCUT2D eigenvalue weighted by Crippen LogP contribution is -2.19. The minimum absolute atomic E-state index is 0.195. The molecule has 0 radical (unpaired) electrons. The maximum Gasteiger partial charge on any atom is 0.118 e. The van der Waals surface area contributed by atoms with Crippen molar-refractivity contribution in [2.45, 2.75) is 6.04 Å². The third-order valence-corrected chi connectivity index (χ3v) is 2.71. The Kier molecular flexibility index (Phi) is 3.27. The number of hydrogen-bond acceptors (Lipinski definition) is 2. The first kappa shape index (κ1) is 10.8. The molecule has 0 aliphatic carbocycles. The van der Waals surface area contributed by atoms with E-state index in [-0.39, 0.29) is 6.04 Å². The Balaban J connectivity index is 2.27. The topological polar surface area (TPSA) is 40.2 Å². The summed E-state index contributed by atoms with van der Waals surface area (Å²) in [6.07, 6.45) is 4.06. The lowest BCUT2D eigenvalue weighted by atomic mass is 10.1. The molecule has 2 aromatic rings. The first-order chi connectivity index (χ1) is 7.85. The summed E-state index contributed by atoms with van der Waals surface area (Å²) in [7, 11) is 1.67. The first-order valence-electron chi connectivity index (χ1n) is 5.31. The Morgan fingerprint density at radius 2 is 1.81 bits per heavy atom. The fourth-order valence-corrected chi connectivity index (χ4v) is 1.81. The third-order valence-electron chi connectivity index (χ3n) is 2.71. The van der Waals surface area contributed by atoms with Crippen LogP contribution >= 0.6 is 0 Å². The zero-order valence-corrected chi connectivity index (χ0v) is 9.34. The van der Waals surface area contributed by atoms with Gasteiger partial charge in [0.05, 0.1) is 13.2 Å².